The van der Waals surface area contributed by atoms with E-state index in [4.69, 9.17) is 0 Å². The van der Waals surface area contributed by atoms with Crippen LogP contribution in [0, 0.1) is 0 Å². The van der Waals surface area contributed by atoms with Gasteiger partial charge in [-0.05, 0) is 30.8 Å². The molecular weight excluding hydrogens is 262 g/mol. The normalized spacial score (nSPS) is 16.0. The highest BCUT2D eigenvalue weighted by Gasteiger charge is 2.17. The number of rotatable bonds is 3. The van der Waals surface area contributed by atoms with Crippen molar-refractivity contribution in [2.75, 3.05) is 38.1 Å². The van der Waals surface area contributed by atoms with Gasteiger partial charge >= 0.3 is 0 Å². The Morgan fingerprint density at radius 2 is 1.90 bits per heavy atom. The SMILES string of the molecule is CN1CCN(c2ccc(-c3cccnc3)cc2C=O)CC1. The predicted octanol–water partition coefficient (Wildman–Crippen LogP) is 2.31. The highest BCUT2D eigenvalue weighted by molar-refractivity contribution is 5.87. The van der Waals surface area contributed by atoms with Gasteiger partial charge in [0.1, 0.15) is 0 Å². The lowest BCUT2D eigenvalue weighted by Gasteiger charge is -2.34. The number of likely N-dealkylation sites (N-methyl/N-ethyl adjacent to an activating group) is 1. The molecule has 3 rings (SSSR count). The van der Waals surface area contributed by atoms with Gasteiger partial charge in [-0.15, -0.1) is 0 Å². The van der Waals surface area contributed by atoms with Gasteiger partial charge in [0.15, 0.2) is 6.29 Å². The molecule has 1 fully saturated rings. The van der Waals surface area contributed by atoms with E-state index >= 15 is 0 Å². The molecule has 2 heterocycles. The number of piperazine rings is 1. The van der Waals surface area contributed by atoms with Crippen molar-refractivity contribution < 1.29 is 4.79 Å². The predicted molar refractivity (Wildman–Crippen MR) is 84.8 cm³/mol. The lowest BCUT2D eigenvalue weighted by atomic mass is 10.0. The van der Waals surface area contributed by atoms with E-state index in [9.17, 15) is 4.79 Å². The second-order valence-corrected chi connectivity index (χ2v) is 5.42. The molecule has 0 aliphatic carbocycles. The van der Waals surface area contributed by atoms with Crippen LogP contribution in [0.3, 0.4) is 0 Å². The summed E-state index contributed by atoms with van der Waals surface area (Å²) in [6.45, 7) is 3.98. The van der Waals surface area contributed by atoms with E-state index in [0.29, 0.717) is 0 Å². The Kier molecular flexibility index (Phi) is 3.97. The Morgan fingerprint density at radius 1 is 1.10 bits per heavy atom. The summed E-state index contributed by atoms with van der Waals surface area (Å²) in [5.74, 6) is 0. The van der Waals surface area contributed by atoms with Crippen molar-refractivity contribution in [1.82, 2.24) is 9.88 Å². The van der Waals surface area contributed by atoms with Gasteiger partial charge in [0.05, 0.1) is 0 Å². The maximum absolute atomic E-state index is 11.5. The van der Waals surface area contributed by atoms with Crippen LogP contribution in [0.5, 0.6) is 0 Å². The van der Waals surface area contributed by atoms with Crippen molar-refractivity contribution >= 4 is 12.0 Å². The zero-order valence-electron chi connectivity index (χ0n) is 12.2. The lowest BCUT2D eigenvalue weighted by molar-refractivity contribution is 0.112. The summed E-state index contributed by atoms with van der Waals surface area (Å²) < 4.78 is 0. The fraction of sp³-hybridized carbons (Fsp3) is 0.294. The molecular formula is C17H19N3O. The maximum Gasteiger partial charge on any atom is 0.152 e. The van der Waals surface area contributed by atoms with Crippen LogP contribution in [0.15, 0.2) is 42.7 Å². The van der Waals surface area contributed by atoms with Crippen molar-refractivity contribution in [2.45, 2.75) is 0 Å². The van der Waals surface area contributed by atoms with Crippen molar-refractivity contribution in [3.63, 3.8) is 0 Å². The van der Waals surface area contributed by atoms with Crippen LogP contribution in [0.25, 0.3) is 11.1 Å². The fourth-order valence-corrected chi connectivity index (χ4v) is 2.70. The number of hydrogen-bond acceptors (Lipinski definition) is 4. The molecule has 0 saturated carbocycles. The molecule has 4 nitrogen and oxygen atoms in total. The van der Waals surface area contributed by atoms with E-state index in [-0.39, 0.29) is 0 Å². The van der Waals surface area contributed by atoms with Gasteiger partial charge in [0.25, 0.3) is 0 Å². The summed E-state index contributed by atoms with van der Waals surface area (Å²) in [7, 11) is 2.13. The van der Waals surface area contributed by atoms with E-state index in [2.05, 4.69) is 34.0 Å². The van der Waals surface area contributed by atoms with Crippen LogP contribution in [-0.2, 0) is 0 Å². The summed E-state index contributed by atoms with van der Waals surface area (Å²) in [6.07, 6.45) is 4.52. The topological polar surface area (TPSA) is 36.4 Å². The molecule has 4 heteroatoms. The molecule has 108 valence electrons. The van der Waals surface area contributed by atoms with Crippen LogP contribution in [0.4, 0.5) is 5.69 Å². The van der Waals surface area contributed by atoms with E-state index in [1.807, 2.05) is 24.4 Å². The minimum atomic E-state index is 0.751. The molecule has 0 unspecified atom stereocenters. The number of aldehydes is 1. The Balaban J connectivity index is 1.91. The highest BCUT2D eigenvalue weighted by Crippen LogP contribution is 2.27. The number of carbonyl (C=O) groups excluding carboxylic acids is 1. The molecule has 1 aliphatic rings. The van der Waals surface area contributed by atoms with Gasteiger partial charge in [-0.2, -0.15) is 0 Å². The van der Waals surface area contributed by atoms with Gasteiger partial charge in [0, 0.05) is 55.4 Å². The zero-order valence-corrected chi connectivity index (χ0v) is 12.2. The number of anilines is 1. The average molecular weight is 281 g/mol. The first-order chi connectivity index (χ1) is 10.3. The van der Waals surface area contributed by atoms with Gasteiger partial charge in [0.2, 0.25) is 0 Å². The smallest absolute Gasteiger partial charge is 0.152 e. The van der Waals surface area contributed by atoms with Gasteiger partial charge in [-0.3, -0.25) is 9.78 Å². The van der Waals surface area contributed by atoms with Crippen LogP contribution in [-0.4, -0.2) is 49.4 Å². The second kappa shape index (κ2) is 6.06. The van der Waals surface area contributed by atoms with Crippen molar-refractivity contribution in [3.8, 4) is 11.1 Å². The molecule has 0 atom stereocenters. The van der Waals surface area contributed by atoms with E-state index in [1.165, 1.54) is 0 Å². The molecule has 0 radical (unpaired) electrons. The number of benzene rings is 1. The number of carbonyl (C=O) groups is 1. The van der Waals surface area contributed by atoms with E-state index in [1.54, 1.807) is 6.20 Å². The molecule has 21 heavy (non-hydrogen) atoms. The molecule has 1 saturated heterocycles. The van der Waals surface area contributed by atoms with Gasteiger partial charge in [-0.1, -0.05) is 12.1 Å². The molecule has 1 aromatic carbocycles. The first-order valence-electron chi connectivity index (χ1n) is 7.21. The Labute approximate surface area is 125 Å². The molecule has 2 aromatic rings. The molecule has 0 N–H and O–H groups in total. The first-order valence-corrected chi connectivity index (χ1v) is 7.21. The monoisotopic (exact) mass is 281 g/mol. The molecule has 0 amide bonds. The summed E-state index contributed by atoms with van der Waals surface area (Å²) in [6, 6.07) is 9.99. The van der Waals surface area contributed by atoms with Crippen LogP contribution in [0.1, 0.15) is 10.4 Å². The summed E-state index contributed by atoms with van der Waals surface area (Å²) >= 11 is 0. The molecule has 0 spiro atoms. The average Bonchev–Trinajstić information content (AvgIpc) is 2.56. The van der Waals surface area contributed by atoms with E-state index < -0.39 is 0 Å². The minimum absolute atomic E-state index is 0.751. The third kappa shape index (κ3) is 2.95. The first kappa shape index (κ1) is 13.8. The molecule has 1 aliphatic heterocycles. The Hall–Kier alpha value is -2.20. The summed E-state index contributed by atoms with van der Waals surface area (Å²) in [4.78, 5) is 20.2. The standard InChI is InChI=1S/C17H19N3O/c1-19-7-9-20(10-8-19)17-5-4-14(11-16(17)13-21)15-3-2-6-18-12-15/h2-6,11-13H,7-10H2,1H3. The largest absolute Gasteiger partial charge is 0.368 e. The zero-order chi connectivity index (χ0) is 14.7. The Morgan fingerprint density at radius 3 is 2.57 bits per heavy atom. The Bertz CT molecular complexity index is 619. The van der Waals surface area contributed by atoms with Crippen LogP contribution < -0.4 is 4.90 Å². The number of hydrogen-bond donors (Lipinski definition) is 0. The summed E-state index contributed by atoms with van der Waals surface area (Å²) in [5.41, 5.74) is 3.85. The van der Waals surface area contributed by atoms with Crippen LogP contribution in [0.2, 0.25) is 0 Å². The molecule has 1 aromatic heterocycles. The highest BCUT2D eigenvalue weighted by atomic mass is 16.1. The third-order valence-corrected chi connectivity index (χ3v) is 3.99. The van der Waals surface area contributed by atoms with Crippen molar-refractivity contribution in [1.29, 1.82) is 0 Å². The number of aromatic nitrogens is 1. The summed E-state index contributed by atoms with van der Waals surface area (Å²) in [5, 5.41) is 0. The van der Waals surface area contributed by atoms with Gasteiger partial charge in [-0.25, -0.2) is 0 Å². The minimum Gasteiger partial charge on any atom is -0.368 e. The number of nitrogens with zero attached hydrogens (tertiary/aromatic N) is 3. The van der Waals surface area contributed by atoms with Crippen molar-refractivity contribution in [3.05, 3.63) is 48.3 Å². The van der Waals surface area contributed by atoms with Crippen LogP contribution >= 0.6 is 0 Å². The van der Waals surface area contributed by atoms with Gasteiger partial charge < -0.3 is 9.80 Å². The molecule has 0 bridgehead atoms. The quantitative estimate of drug-likeness (QED) is 0.809. The number of pyridine rings is 1. The maximum atomic E-state index is 11.5. The lowest BCUT2D eigenvalue weighted by Crippen LogP contribution is -2.44. The third-order valence-electron chi connectivity index (χ3n) is 3.99. The van der Waals surface area contributed by atoms with Crippen molar-refractivity contribution in [2.24, 2.45) is 0 Å². The second-order valence-electron chi connectivity index (χ2n) is 5.42. The van der Waals surface area contributed by atoms with E-state index in [0.717, 1.165) is 54.8 Å². The fourth-order valence-electron chi connectivity index (χ4n) is 2.70.